The van der Waals surface area contributed by atoms with Crippen LogP contribution in [0.1, 0.15) is 16.7 Å². The zero-order chi connectivity index (χ0) is 13.8. The first-order chi connectivity index (χ1) is 9.06. The molecule has 0 aliphatic carbocycles. The Balaban J connectivity index is 2.03. The van der Waals surface area contributed by atoms with Crippen LogP contribution >= 0.6 is 11.6 Å². The lowest BCUT2D eigenvalue weighted by Gasteiger charge is -2.18. The van der Waals surface area contributed by atoms with Gasteiger partial charge in [0.05, 0.1) is 0 Å². The molecule has 2 aromatic carbocycles. The molecule has 0 saturated carbocycles. The summed E-state index contributed by atoms with van der Waals surface area (Å²) in [6.07, 6.45) is 0. The molecule has 0 atom stereocenters. The zero-order valence-corrected chi connectivity index (χ0v) is 12.1. The maximum absolute atomic E-state index is 6.17. The van der Waals surface area contributed by atoms with E-state index in [0.29, 0.717) is 0 Å². The summed E-state index contributed by atoms with van der Waals surface area (Å²) < 4.78 is 0. The highest BCUT2D eigenvalue weighted by molar-refractivity contribution is 6.31. The van der Waals surface area contributed by atoms with Gasteiger partial charge in [0.2, 0.25) is 0 Å². The third kappa shape index (κ3) is 3.72. The van der Waals surface area contributed by atoms with E-state index in [9.17, 15) is 0 Å². The molecule has 0 aliphatic rings. The molecule has 0 heterocycles. The van der Waals surface area contributed by atoms with Crippen molar-refractivity contribution in [1.29, 1.82) is 0 Å². The predicted molar refractivity (Wildman–Crippen MR) is 82.2 cm³/mol. The van der Waals surface area contributed by atoms with Crippen LogP contribution in [0.5, 0.6) is 0 Å². The fourth-order valence-corrected chi connectivity index (χ4v) is 2.27. The molecule has 2 nitrogen and oxygen atoms in total. The lowest BCUT2D eigenvalue weighted by atomic mass is 10.1. The van der Waals surface area contributed by atoms with Gasteiger partial charge in [-0.3, -0.25) is 4.90 Å². The summed E-state index contributed by atoms with van der Waals surface area (Å²) >= 11 is 6.17. The highest BCUT2D eigenvalue weighted by Gasteiger charge is 2.05. The van der Waals surface area contributed by atoms with Crippen molar-refractivity contribution >= 4 is 17.3 Å². The molecule has 0 aromatic heterocycles. The van der Waals surface area contributed by atoms with Crippen molar-refractivity contribution in [2.75, 3.05) is 12.8 Å². The van der Waals surface area contributed by atoms with E-state index in [4.69, 9.17) is 17.3 Å². The Labute approximate surface area is 119 Å². The molecular weight excluding hydrogens is 256 g/mol. The van der Waals surface area contributed by atoms with E-state index in [-0.39, 0.29) is 0 Å². The SMILES string of the molecule is Cc1ccc(CN(C)Cc2ccccc2Cl)cc1N. The molecule has 100 valence electrons. The molecule has 0 amide bonds. The first kappa shape index (κ1) is 13.9. The fourth-order valence-electron chi connectivity index (χ4n) is 2.07. The molecule has 0 bridgehead atoms. The lowest BCUT2D eigenvalue weighted by molar-refractivity contribution is 0.319. The van der Waals surface area contributed by atoms with Gasteiger partial charge >= 0.3 is 0 Å². The number of benzene rings is 2. The third-order valence-corrected chi connectivity index (χ3v) is 3.56. The van der Waals surface area contributed by atoms with Gasteiger partial charge < -0.3 is 5.73 Å². The largest absolute Gasteiger partial charge is 0.399 e. The number of rotatable bonds is 4. The topological polar surface area (TPSA) is 29.3 Å². The number of aryl methyl sites for hydroxylation is 1. The van der Waals surface area contributed by atoms with E-state index in [1.807, 2.05) is 31.2 Å². The van der Waals surface area contributed by atoms with Gasteiger partial charge in [0.25, 0.3) is 0 Å². The average molecular weight is 275 g/mol. The Hall–Kier alpha value is -1.51. The van der Waals surface area contributed by atoms with E-state index in [0.717, 1.165) is 34.9 Å². The Morgan fingerprint density at radius 1 is 1.11 bits per heavy atom. The van der Waals surface area contributed by atoms with Crippen molar-refractivity contribution < 1.29 is 0 Å². The summed E-state index contributed by atoms with van der Waals surface area (Å²) in [5.74, 6) is 0. The molecular formula is C16H19ClN2. The van der Waals surface area contributed by atoms with Crippen LogP contribution < -0.4 is 5.73 Å². The van der Waals surface area contributed by atoms with Crippen molar-refractivity contribution in [3.8, 4) is 0 Å². The van der Waals surface area contributed by atoms with Crippen LogP contribution in [0, 0.1) is 6.92 Å². The minimum atomic E-state index is 0.817. The van der Waals surface area contributed by atoms with E-state index in [1.54, 1.807) is 0 Å². The van der Waals surface area contributed by atoms with Gasteiger partial charge in [0, 0.05) is 23.8 Å². The highest BCUT2D eigenvalue weighted by atomic mass is 35.5. The molecule has 0 saturated heterocycles. The van der Waals surface area contributed by atoms with Gasteiger partial charge in [-0.15, -0.1) is 0 Å². The second kappa shape index (κ2) is 6.09. The number of nitrogen functional groups attached to an aromatic ring is 1. The van der Waals surface area contributed by atoms with Crippen molar-refractivity contribution in [3.63, 3.8) is 0 Å². The van der Waals surface area contributed by atoms with E-state index in [2.05, 4.69) is 30.1 Å². The number of hydrogen-bond acceptors (Lipinski definition) is 2. The van der Waals surface area contributed by atoms with Crippen LogP contribution in [0.4, 0.5) is 5.69 Å². The van der Waals surface area contributed by atoms with E-state index < -0.39 is 0 Å². The van der Waals surface area contributed by atoms with Crippen LogP contribution in [0.2, 0.25) is 5.02 Å². The van der Waals surface area contributed by atoms with Crippen molar-refractivity contribution in [2.24, 2.45) is 0 Å². The Bertz CT molecular complexity index is 566. The summed E-state index contributed by atoms with van der Waals surface area (Å²) in [5, 5.41) is 0.817. The van der Waals surface area contributed by atoms with Crippen molar-refractivity contribution in [1.82, 2.24) is 4.90 Å². The summed E-state index contributed by atoms with van der Waals surface area (Å²) in [5.41, 5.74) is 10.3. The summed E-state index contributed by atoms with van der Waals surface area (Å²) in [6.45, 7) is 3.70. The second-order valence-electron chi connectivity index (χ2n) is 4.95. The molecule has 3 heteroatoms. The quantitative estimate of drug-likeness (QED) is 0.858. The zero-order valence-electron chi connectivity index (χ0n) is 11.4. The normalized spacial score (nSPS) is 10.9. The van der Waals surface area contributed by atoms with Crippen LogP contribution in [0.3, 0.4) is 0 Å². The van der Waals surface area contributed by atoms with Gasteiger partial charge in [-0.05, 0) is 42.8 Å². The highest BCUT2D eigenvalue weighted by Crippen LogP contribution is 2.18. The van der Waals surface area contributed by atoms with Gasteiger partial charge in [-0.2, -0.15) is 0 Å². The average Bonchev–Trinajstić information content (AvgIpc) is 2.37. The van der Waals surface area contributed by atoms with Gasteiger partial charge in [0.15, 0.2) is 0 Å². The van der Waals surface area contributed by atoms with Gasteiger partial charge in [0.1, 0.15) is 0 Å². The summed E-state index contributed by atoms with van der Waals surface area (Å²) in [6, 6.07) is 14.2. The Morgan fingerprint density at radius 3 is 2.53 bits per heavy atom. The second-order valence-corrected chi connectivity index (χ2v) is 5.36. The number of anilines is 1. The van der Waals surface area contributed by atoms with Crippen molar-refractivity contribution in [3.05, 3.63) is 64.2 Å². The minimum Gasteiger partial charge on any atom is -0.399 e. The van der Waals surface area contributed by atoms with Crippen LogP contribution in [0.25, 0.3) is 0 Å². The summed E-state index contributed by atoms with van der Waals surface area (Å²) in [4.78, 5) is 2.23. The molecule has 0 aliphatic heterocycles. The molecule has 0 radical (unpaired) electrons. The predicted octanol–water partition coefficient (Wildman–Crippen LogP) is 3.86. The molecule has 0 spiro atoms. The van der Waals surface area contributed by atoms with E-state index >= 15 is 0 Å². The monoisotopic (exact) mass is 274 g/mol. The number of nitrogens with zero attached hydrogens (tertiary/aromatic N) is 1. The van der Waals surface area contributed by atoms with Crippen LogP contribution in [-0.4, -0.2) is 11.9 Å². The number of hydrogen-bond donors (Lipinski definition) is 1. The third-order valence-electron chi connectivity index (χ3n) is 3.19. The van der Waals surface area contributed by atoms with Crippen LogP contribution in [-0.2, 0) is 13.1 Å². The first-order valence-corrected chi connectivity index (χ1v) is 6.71. The first-order valence-electron chi connectivity index (χ1n) is 6.33. The van der Waals surface area contributed by atoms with Crippen molar-refractivity contribution in [2.45, 2.75) is 20.0 Å². The molecule has 19 heavy (non-hydrogen) atoms. The van der Waals surface area contributed by atoms with Gasteiger partial charge in [-0.25, -0.2) is 0 Å². The fraction of sp³-hybridized carbons (Fsp3) is 0.250. The Morgan fingerprint density at radius 2 is 1.84 bits per heavy atom. The lowest BCUT2D eigenvalue weighted by Crippen LogP contribution is -2.17. The van der Waals surface area contributed by atoms with E-state index in [1.165, 1.54) is 5.56 Å². The summed E-state index contributed by atoms with van der Waals surface area (Å²) in [7, 11) is 2.08. The molecule has 0 unspecified atom stereocenters. The standard InChI is InChI=1S/C16H19ClN2/c1-12-7-8-13(9-16(12)18)10-19(2)11-14-5-3-4-6-15(14)17/h3-9H,10-11,18H2,1-2H3. The molecule has 0 fully saturated rings. The van der Waals surface area contributed by atoms with Crippen LogP contribution in [0.15, 0.2) is 42.5 Å². The minimum absolute atomic E-state index is 0.817. The maximum atomic E-state index is 6.17. The molecule has 2 aromatic rings. The molecule has 2 N–H and O–H groups in total. The van der Waals surface area contributed by atoms with Gasteiger partial charge in [-0.1, -0.05) is 41.9 Å². The molecule has 2 rings (SSSR count). The number of halogens is 1. The number of nitrogens with two attached hydrogens (primary N) is 1. The maximum Gasteiger partial charge on any atom is 0.0451 e. The Kier molecular flexibility index (Phi) is 4.46. The smallest absolute Gasteiger partial charge is 0.0451 e.